The highest BCUT2D eigenvalue weighted by Gasteiger charge is 2.36. The van der Waals surface area contributed by atoms with Gasteiger partial charge in [-0.3, -0.25) is 0 Å². The molecule has 0 heterocycles. The zero-order chi connectivity index (χ0) is 17.2. The molecule has 0 aromatic carbocycles. The molecule has 0 saturated carbocycles. The normalized spacial score (nSPS) is 12.0. The lowest BCUT2D eigenvalue weighted by atomic mass is 10.1. The van der Waals surface area contributed by atoms with Gasteiger partial charge in [-0.25, -0.2) is 0 Å². The highest BCUT2D eigenvalue weighted by Crippen LogP contribution is 2.14. The Bertz CT molecular complexity index is 230. The predicted octanol–water partition coefficient (Wildman–Crippen LogP) is 4.77. The molecule has 0 atom stereocenters. The zero-order valence-electron chi connectivity index (χ0n) is 16.1. The average Bonchev–Trinajstić information content (AvgIpc) is 2.59. The van der Waals surface area contributed by atoms with Gasteiger partial charge in [0.1, 0.15) is 0 Å². The Balaban J connectivity index is 3.25. The first-order chi connectivity index (χ1) is 11.2. The van der Waals surface area contributed by atoms with Gasteiger partial charge in [-0.2, -0.15) is 0 Å². The van der Waals surface area contributed by atoms with Crippen LogP contribution in [0.5, 0.6) is 0 Å². The van der Waals surface area contributed by atoms with Gasteiger partial charge in [0.2, 0.25) is 0 Å². The van der Waals surface area contributed by atoms with E-state index in [2.05, 4.69) is 12.2 Å². The monoisotopic (exact) mass is 347 g/mol. The number of nitrogens with one attached hydrogen (secondary N) is 1. The fourth-order valence-corrected chi connectivity index (χ4v) is 4.57. The Morgan fingerprint density at radius 3 is 1.52 bits per heavy atom. The van der Waals surface area contributed by atoms with Crippen LogP contribution in [0.15, 0.2) is 0 Å². The quantitative estimate of drug-likeness (QED) is 0.286. The maximum absolute atomic E-state index is 5.42. The highest BCUT2D eigenvalue weighted by molar-refractivity contribution is 6.60. The second-order valence-corrected chi connectivity index (χ2v) is 9.42. The van der Waals surface area contributed by atoms with Gasteiger partial charge in [-0.1, -0.05) is 64.7 Å². The van der Waals surface area contributed by atoms with Crippen LogP contribution in [0.1, 0.15) is 77.6 Å². The molecule has 0 aromatic heterocycles. The first-order valence-corrected chi connectivity index (χ1v) is 11.5. The van der Waals surface area contributed by atoms with E-state index in [1.165, 1.54) is 64.2 Å². The van der Waals surface area contributed by atoms with Crippen LogP contribution in [0, 0.1) is 0 Å². The third-order valence-electron chi connectivity index (χ3n) is 4.48. The molecule has 0 aliphatic heterocycles. The lowest BCUT2D eigenvalue weighted by Gasteiger charge is -2.24. The first kappa shape index (κ1) is 23.1. The van der Waals surface area contributed by atoms with Crippen molar-refractivity contribution in [3.63, 3.8) is 0 Å². The molecule has 0 radical (unpaired) electrons. The maximum atomic E-state index is 5.42. The molecule has 0 rings (SSSR count). The molecule has 0 saturated heterocycles. The third kappa shape index (κ3) is 13.1. The molecule has 0 aliphatic rings. The minimum atomic E-state index is -2.36. The Labute approximate surface area is 146 Å². The second-order valence-electron chi connectivity index (χ2n) is 6.33. The SMILES string of the molecule is CCCCCCCCCCCCNCCC[Si](OC)(OC)OC. The van der Waals surface area contributed by atoms with Crippen molar-refractivity contribution in [2.45, 2.75) is 83.6 Å². The minimum Gasteiger partial charge on any atom is -0.377 e. The van der Waals surface area contributed by atoms with Crippen molar-refractivity contribution in [2.75, 3.05) is 34.4 Å². The van der Waals surface area contributed by atoms with Gasteiger partial charge in [-0.15, -0.1) is 0 Å². The molecule has 140 valence electrons. The van der Waals surface area contributed by atoms with Gasteiger partial charge in [0.15, 0.2) is 0 Å². The van der Waals surface area contributed by atoms with Crippen molar-refractivity contribution in [3.8, 4) is 0 Å². The van der Waals surface area contributed by atoms with E-state index in [4.69, 9.17) is 13.3 Å². The molecule has 0 bridgehead atoms. The van der Waals surface area contributed by atoms with Crippen LogP contribution in [0.3, 0.4) is 0 Å². The van der Waals surface area contributed by atoms with Crippen LogP contribution >= 0.6 is 0 Å². The molecule has 1 N–H and O–H groups in total. The van der Waals surface area contributed by atoms with Crippen LogP contribution in [0.25, 0.3) is 0 Å². The molecule has 5 heteroatoms. The fourth-order valence-electron chi connectivity index (χ4n) is 2.85. The molecule has 0 unspecified atom stereocenters. The van der Waals surface area contributed by atoms with Crippen LogP contribution in [-0.2, 0) is 13.3 Å². The van der Waals surface area contributed by atoms with Crippen molar-refractivity contribution in [3.05, 3.63) is 0 Å². The lowest BCUT2D eigenvalue weighted by molar-refractivity contribution is 0.123. The molecular formula is C18H41NO3Si. The van der Waals surface area contributed by atoms with E-state index in [-0.39, 0.29) is 0 Å². The number of rotatable bonds is 18. The predicted molar refractivity (Wildman–Crippen MR) is 101 cm³/mol. The van der Waals surface area contributed by atoms with E-state index in [9.17, 15) is 0 Å². The van der Waals surface area contributed by atoms with Crippen molar-refractivity contribution in [1.82, 2.24) is 5.32 Å². The summed E-state index contributed by atoms with van der Waals surface area (Å²) < 4.78 is 16.2. The lowest BCUT2D eigenvalue weighted by Crippen LogP contribution is -2.43. The Hall–Kier alpha value is 0.0569. The summed E-state index contributed by atoms with van der Waals surface area (Å²) >= 11 is 0. The van der Waals surface area contributed by atoms with Crippen LogP contribution in [-0.4, -0.2) is 43.2 Å². The molecule has 0 aliphatic carbocycles. The molecule has 0 spiro atoms. The summed E-state index contributed by atoms with van der Waals surface area (Å²) in [5.41, 5.74) is 0. The number of unbranched alkanes of at least 4 members (excludes halogenated alkanes) is 9. The standard InChI is InChI=1S/C18H41NO3Si/c1-5-6-7-8-9-10-11-12-13-14-16-19-17-15-18-23(20-2,21-3)22-4/h19H,5-18H2,1-4H3. The summed E-state index contributed by atoms with van der Waals surface area (Å²) in [6.45, 7) is 4.42. The third-order valence-corrected chi connectivity index (χ3v) is 7.31. The number of hydrogen-bond acceptors (Lipinski definition) is 4. The topological polar surface area (TPSA) is 39.7 Å². The maximum Gasteiger partial charge on any atom is 0.500 e. The summed E-state index contributed by atoms with van der Waals surface area (Å²) in [6.07, 6.45) is 15.0. The smallest absolute Gasteiger partial charge is 0.377 e. The van der Waals surface area contributed by atoms with Crippen molar-refractivity contribution in [2.24, 2.45) is 0 Å². The van der Waals surface area contributed by atoms with Gasteiger partial charge in [0.05, 0.1) is 0 Å². The van der Waals surface area contributed by atoms with Crippen molar-refractivity contribution < 1.29 is 13.3 Å². The van der Waals surface area contributed by atoms with Gasteiger partial charge < -0.3 is 18.6 Å². The van der Waals surface area contributed by atoms with Crippen LogP contribution < -0.4 is 5.32 Å². The summed E-state index contributed by atoms with van der Waals surface area (Å²) in [5.74, 6) is 0. The van der Waals surface area contributed by atoms with Gasteiger partial charge >= 0.3 is 8.80 Å². The molecule has 0 aromatic rings. The first-order valence-electron chi connectivity index (χ1n) is 9.60. The van der Waals surface area contributed by atoms with E-state index >= 15 is 0 Å². The second kappa shape index (κ2) is 16.9. The van der Waals surface area contributed by atoms with Gasteiger partial charge in [0.25, 0.3) is 0 Å². The summed E-state index contributed by atoms with van der Waals surface area (Å²) in [7, 11) is 2.67. The Morgan fingerprint density at radius 1 is 0.609 bits per heavy atom. The molecule has 4 nitrogen and oxygen atoms in total. The van der Waals surface area contributed by atoms with E-state index in [0.29, 0.717) is 0 Å². The van der Waals surface area contributed by atoms with Crippen molar-refractivity contribution >= 4 is 8.80 Å². The molecule has 23 heavy (non-hydrogen) atoms. The van der Waals surface area contributed by atoms with Crippen LogP contribution in [0.2, 0.25) is 6.04 Å². The summed E-state index contributed by atoms with van der Waals surface area (Å²) in [6, 6.07) is 0.877. The largest absolute Gasteiger partial charge is 0.500 e. The Morgan fingerprint density at radius 2 is 1.04 bits per heavy atom. The molecule has 0 fully saturated rings. The molecule has 0 amide bonds. The van der Waals surface area contributed by atoms with E-state index < -0.39 is 8.80 Å². The van der Waals surface area contributed by atoms with E-state index in [1.54, 1.807) is 21.3 Å². The zero-order valence-corrected chi connectivity index (χ0v) is 17.1. The summed E-state index contributed by atoms with van der Waals surface area (Å²) in [4.78, 5) is 0. The van der Waals surface area contributed by atoms with E-state index in [1.807, 2.05) is 0 Å². The van der Waals surface area contributed by atoms with E-state index in [0.717, 1.165) is 25.6 Å². The Kier molecular flexibility index (Phi) is 16.9. The number of hydrogen-bond donors (Lipinski definition) is 1. The highest BCUT2D eigenvalue weighted by atomic mass is 28.4. The van der Waals surface area contributed by atoms with Gasteiger partial charge in [-0.05, 0) is 25.9 Å². The summed E-state index contributed by atoms with van der Waals surface area (Å²) in [5, 5.41) is 3.51. The average molecular weight is 348 g/mol. The molecular weight excluding hydrogens is 306 g/mol. The fraction of sp³-hybridized carbons (Fsp3) is 1.00. The van der Waals surface area contributed by atoms with Gasteiger partial charge in [0, 0.05) is 27.4 Å². The van der Waals surface area contributed by atoms with Crippen LogP contribution in [0.4, 0.5) is 0 Å². The van der Waals surface area contributed by atoms with Crippen molar-refractivity contribution in [1.29, 1.82) is 0 Å². The minimum absolute atomic E-state index is 0.877.